The Morgan fingerprint density at radius 1 is 1.05 bits per heavy atom. The van der Waals surface area contributed by atoms with Crippen LogP contribution < -0.4 is 9.47 Å². The molecule has 3 heteroatoms. The van der Waals surface area contributed by atoms with Crippen molar-refractivity contribution in [1.82, 2.24) is 0 Å². The van der Waals surface area contributed by atoms with Gasteiger partial charge in [-0.05, 0) is 36.8 Å². The number of rotatable bonds is 5. The summed E-state index contributed by atoms with van der Waals surface area (Å²) in [6, 6.07) is 14.9. The van der Waals surface area contributed by atoms with Gasteiger partial charge in [0.15, 0.2) is 5.78 Å². The molecule has 2 aromatic carbocycles. The molecule has 0 aromatic heterocycles. The van der Waals surface area contributed by atoms with Gasteiger partial charge in [0.05, 0.1) is 12.7 Å². The molecule has 0 atom stereocenters. The van der Waals surface area contributed by atoms with Crippen molar-refractivity contribution in [2.45, 2.75) is 13.5 Å². The highest BCUT2D eigenvalue weighted by atomic mass is 16.5. The van der Waals surface area contributed by atoms with Gasteiger partial charge in [0.25, 0.3) is 0 Å². The molecule has 98 valence electrons. The van der Waals surface area contributed by atoms with Crippen LogP contribution in [-0.2, 0) is 6.61 Å². The number of hydrogen-bond donors (Lipinski definition) is 0. The Hall–Kier alpha value is -2.29. The van der Waals surface area contributed by atoms with Crippen LogP contribution in [0.25, 0.3) is 0 Å². The van der Waals surface area contributed by atoms with E-state index in [1.165, 1.54) is 6.92 Å². The van der Waals surface area contributed by atoms with Crippen LogP contribution in [0, 0.1) is 0 Å². The number of carbonyl (C=O) groups is 1. The molecule has 2 rings (SSSR count). The van der Waals surface area contributed by atoms with Crippen LogP contribution in [0.2, 0.25) is 0 Å². The zero-order valence-corrected chi connectivity index (χ0v) is 11.1. The number of hydrogen-bond acceptors (Lipinski definition) is 3. The zero-order valence-electron chi connectivity index (χ0n) is 11.1. The van der Waals surface area contributed by atoms with Crippen molar-refractivity contribution in [2.24, 2.45) is 0 Å². The summed E-state index contributed by atoms with van der Waals surface area (Å²) in [5.41, 5.74) is 1.63. The summed E-state index contributed by atoms with van der Waals surface area (Å²) >= 11 is 0. The Morgan fingerprint density at radius 3 is 2.37 bits per heavy atom. The van der Waals surface area contributed by atoms with Gasteiger partial charge in [-0.25, -0.2) is 0 Å². The number of methoxy groups -OCH3 is 1. The zero-order chi connectivity index (χ0) is 13.7. The maximum absolute atomic E-state index is 11.5. The van der Waals surface area contributed by atoms with Crippen molar-refractivity contribution in [3.05, 3.63) is 59.7 Å². The number of para-hydroxylation sites is 1. The van der Waals surface area contributed by atoms with E-state index in [4.69, 9.17) is 9.47 Å². The van der Waals surface area contributed by atoms with Crippen LogP contribution in [0.15, 0.2) is 48.5 Å². The second-order valence-electron chi connectivity index (χ2n) is 4.19. The van der Waals surface area contributed by atoms with Crippen LogP contribution in [0.1, 0.15) is 22.8 Å². The molecule has 0 aliphatic carbocycles. The molecule has 0 saturated carbocycles. The summed E-state index contributed by atoms with van der Waals surface area (Å²) < 4.78 is 10.8. The molecule has 0 bridgehead atoms. The topological polar surface area (TPSA) is 35.5 Å². The van der Waals surface area contributed by atoms with E-state index < -0.39 is 0 Å². The molecule has 0 fully saturated rings. The number of ketones is 1. The van der Waals surface area contributed by atoms with E-state index in [2.05, 4.69) is 0 Å². The second kappa shape index (κ2) is 6.05. The largest absolute Gasteiger partial charge is 0.497 e. The predicted octanol–water partition coefficient (Wildman–Crippen LogP) is 3.48. The third-order valence-electron chi connectivity index (χ3n) is 2.82. The molecule has 0 spiro atoms. The Bertz CT molecular complexity index is 558. The maximum atomic E-state index is 11.5. The van der Waals surface area contributed by atoms with Crippen LogP contribution in [0.4, 0.5) is 0 Å². The molecular formula is C16H16O3. The first kappa shape index (κ1) is 13.1. The average molecular weight is 256 g/mol. The number of Topliss-reactive ketones (excluding diaryl/α,β-unsaturated/α-hetero) is 1. The fourth-order valence-corrected chi connectivity index (χ4v) is 1.77. The lowest BCUT2D eigenvalue weighted by atomic mass is 10.1. The van der Waals surface area contributed by atoms with Gasteiger partial charge in [-0.3, -0.25) is 4.79 Å². The molecule has 0 radical (unpaired) electrons. The summed E-state index contributed by atoms with van der Waals surface area (Å²) in [5, 5.41) is 0. The maximum Gasteiger partial charge on any atom is 0.163 e. The van der Waals surface area contributed by atoms with Crippen molar-refractivity contribution in [1.29, 1.82) is 0 Å². The fourth-order valence-electron chi connectivity index (χ4n) is 1.77. The van der Waals surface area contributed by atoms with E-state index in [1.807, 2.05) is 36.4 Å². The molecule has 0 aliphatic heterocycles. The monoisotopic (exact) mass is 256 g/mol. The first-order valence-corrected chi connectivity index (χ1v) is 6.06. The Morgan fingerprint density at radius 2 is 1.74 bits per heavy atom. The smallest absolute Gasteiger partial charge is 0.163 e. The quantitative estimate of drug-likeness (QED) is 0.768. The third kappa shape index (κ3) is 3.35. The number of benzene rings is 2. The summed E-state index contributed by atoms with van der Waals surface area (Å²) in [5.74, 6) is 1.43. The van der Waals surface area contributed by atoms with Gasteiger partial charge < -0.3 is 9.47 Å². The third-order valence-corrected chi connectivity index (χ3v) is 2.82. The highest BCUT2D eigenvalue weighted by Crippen LogP contribution is 2.20. The van der Waals surface area contributed by atoms with Gasteiger partial charge in [-0.15, -0.1) is 0 Å². The molecule has 0 N–H and O–H groups in total. The molecule has 0 heterocycles. The predicted molar refractivity (Wildman–Crippen MR) is 73.8 cm³/mol. The molecular weight excluding hydrogens is 240 g/mol. The Labute approximate surface area is 112 Å². The van der Waals surface area contributed by atoms with Gasteiger partial charge in [-0.2, -0.15) is 0 Å². The van der Waals surface area contributed by atoms with Gasteiger partial charge >= 0.3 is 0 Å². The number of ether oxygens (including phenoxy) is 2. The minimum absolute atomic E-state index is 0.00494. The van der Waals surface area contributed by atoms with E-state index in [0.717, 1.165) is 11.3 Å². The molecule has 0 amide bonds. The Balaban J connectivity index is 2.07. The van der Waals surface area contributed by atoms with Crippen LogP contribution in [0.5, 0.6) is 11.5 Å². The fraction of sp³-hybridized carbons (Fsp3) is 0.188. The van der Waals surface area contributed by atoms with Crippen molar-refractivity contribution in [3.63, 3.8) is 0 Å². The van der Waals surface area contributed by atoms with E-state index >= 15 is 0 Å². The van der Waals surface area contributed by atoms with Crippen LogP contribution in [-0.4, -0.2) is 12.9 Å². The lowest BCUT2D eigenvalue weighted by molar-refractivity contribution is 0.101. The normalized spacial score (nSPS) is 10.0. The lowest BCUT2D eigenvalue weighted by Gasteiger charge is -2.10. The van der Waals surface area contributed by atoms with Crippen molar-refractivity contribution < 1.29 is 14.3 Å². The molecule has 3 nitrogen and oxygen atoms in total. The molecule has 2 aromatic rings. The van der Waals surface area contributed by atoms with Crippen LogP contribution in [0.3, 0.4) is 0 Å². The summed E-state index contributed by atoms with van der Waals surface area (Å²) in [6.45, 7) is 1.96. The summed E-state index contributed by atoms with van der Waals surface area (Å²) in [7, 11) is 1.63. The van der Waals surface area contributed by atoms with Crippen molar-refractivity contribution in [3.8, 4) is 11.5 Å². The summed E-state index contributed by atoms with van der Waals surface area (Å²) in [6.07, 6.45) is 0. The summed E-state index contributed by atoms with van der Waals surface area (Å²) in [4.78, 5) is 11.5. The van der Waals surface area contributed by atoms with Gasteiger partial charge in [0.2, 0.25) is 0 Å². The minimum Gasteiger partial charge on any atom is -0.497 e. The first-order valence-electron chi connectivity index (χ1n) is 6.06. The lowest BCUT2D eigenvalue weighted by Crippen LogP contribution is -2.01. The molecule has 19 heavy (non-hydrogen) atoms. The van der Waals surface area contributed by atoms with Gasteiger partial charge in [-0.1, -0.05) is 24.3 Å². The van der Waals surface area contributed by atoms with E-state index in [9.17, 15) is 4.79 Å². The average Bonchev–Trinajstić information content (AvgIpc) is 2.46. The molecule has 0 saturated heterocycles. The van der Waals surface area contributed by atoms with E-state index in [1.54, 1.807) is 19.2 Å². The Kier molecular flexibility index (Phi) is 4.18. The molecule has 0 unspecified atom stereocenters. The standard InChI is InChI=1S/C16H16O3/c1-12(17)15-5-3-4-6-16(15)19-11-13-7-9-14(18-2)10-8-13/h3-10H,11H2,1-2H3. The number of carbonyl (C=O) groups excluding carboxylic acids is 1. The van der Waals surface area contributed by atoms with Gasteiger partial charge in [0.1, 0.15) is 18.1 Å². The van der Waals surface area contributed by atoms with Crippen molar-refractivity contribution in [2.75, 3.05) is 7.11 Å². The minimum atomic E-state index is 0.00494. The first-order chi connectivity index (χ1) is 9.20. The SMILES string of the molecule is COc1ccc(COc2ccccc2C(C)=O)cc1. The highest BCUT2D eigenvalue weighted by molar-refractivity contribution is 5.96. The van der Waals surface area contributed by atoms with Crippen LogP contribution >= 0.6 is 0 Å². The highest BCUT2D eigenvalue weighted by Gasteiger charge is 2.07. The van der Waals surface area contributed by atoms with Crippen molar-refractivity contribution >= 4 is 5.78 Å². The van der Waals surface area contributed by atoms with E-state index in [0.29, 0.717) is 17.9 Å². The molecule has 0 aliphatic rings. The van der Waals surface area contributed by atoms with Gasteiger partial charge in [0, 0.05) is 0 Å². The second-order valence-corrected chi connectivity index (χ2v) is 4.19. The van der Waals surface area contributed by atoms with E-state index in [-0.39, 0.29) is 5.78 Å².